The van der Waals surface area contributed by atoms with Crippen LogP contribution in [0.3, 0.4) is 0 Å². The van der Waals surface area contributed by atoms with Crippen LogP contribution in [-0.4, -0.2) is 34.7 Å². The van der Waals surface area contributed by atoms with Gasteiger partial charge in [0.1, 0.15) is 24.7 Å². The molecule has 10 heteroatoms. The Morgan fingerprint density at radius 2 is 1.67 bits per heavy atom. The second-order valence-corrected chi connectivity index (χ2v) is 6.91. The quantitative estimate of drug-likeness (QED) is 0.273. The van der Waals surface area contributed by atoms with Gasteiger partial charge in [-0.25, -0.2) is 4.79 Å². The third-order valence-electron chi connectivity index (χ3n) is 4.47. The number of hydrogen-bond donors (Lipinski definition) is 2. The van der Waals surface area contributed by atoms with E-state index in [1.54, 1.807) is 18.2 Å². The predicted molar refractivity (Wildman–Crippen MR) is 123 cm³/mol. The molecule has 33 heavy (non-hydrogen) atoms. The van der Waals surface area contributed by atoms with Crippen molar-refractivity contribution in [2.45, 2.75) is 13.8 Å². The summed E-state index contributed by atoms with van der Waals surface area (Å²) in [5, 5.41) is 11.2. The minimum Gasteiger partial charge on any atom is -0.490 e. The van der Waals surface area contributed by atoms with Crippen LogP contribution in [0.5, 0.6) is 17.2 Å². The average Bonchev–Trinajstić information content (AvgIpc) is 2.77. The smallest absolute Gasteiger partial charge is 0.357 e. The molecule has 2 aromatic carbocycles. The lowest BCUT2D eigenvalue weighted by atomic mass is 10.1. The number of nitrogens with zero attached hydrogens (tertiary/aromatic N) is 1. The molecular weight excluding hydrogens is 430 g/mol. The number of aromatic amines is 2. The summed E-state index contributed by atoms with van der Waals surface area (Å²) >= 11 is 0. The van der Waals surface area contributed by atoms with Gasteiger partial charge in [-0.1, -0.05) is 29.8 Å². The van der Waals surface area contributed by atoms with Crippen LogP contribution in [0.1, 0.15) is 23.7 Å². The standard InChI is InChI=1S/C23H23N3O7/c1-3-31-20-14-16(6-10-18-21(26(29)30)22(27)25-23(28)24-18)7-11-19(20)33-13-12-32-17-8-4-15(2)5-9-17/h4-11,14H,3,12-13H2,1-2H3,(H2,24,25,27,28)/b10-6+. The number of nitro groups is 1. The van der Waals surface area contributed by atoms with E-state index in [2.05, 4.69) is 4.98 Å². The van der Waals surface area contributed by atoms with Crippen molar-refractivity contribution in [1.29, 1.82) is 0 Å². The lowest BCUT2D eigenvalue weighted by Gasteiger charge is -2.13. The lowest BCUT2D eigenvalue weighted by molar-refractivity contribution is -0.386. The summed E-state index contributed by atoms with van der Waals surface area (Å²) < 4.78 is 17.1. The Bertz CT molecular complexity index is 1260. The van der Waals surface area contributed by atoms with Crippen molar-refractivity contribution in [1.82, 2.24) is 9.97 Å². The van der Waals surface area contributed by atoms with Crippen LogP contribution in [0.2, 0.25) is 0 Å². The zero-order valence-corrected chi connectivity index (χ0v) is 18.1. The first-order valence-corrected chi connectivity index (χ1v) is 10.2. The van der Waals surface area contributed by atoms with E-state index in [0.717, 1.165) is 11.3 Å². The Balaban J connectivity index is 1.72. The van der Waals surface area contributed by atoms with E-state index >= 15 is 0 Å². The van der Waals surface area contributed by atoms with Crippen molar-refractivity contribution in [2.24, 2.45) is 0 Å². The molecule has 0 saturated carbocycles. The molecule has 1 heterocycles. The van der Waals surface area contributed by atoms with E-state index < -0.39 is 21.9 Å². The number of rotatable bonds is 10. The molecule has 0 spiro atoms. The van der Waals surface area contributed by atoms with E-state index in [1.165, 1.54) is 12.2 Å². The summed E-state index contributed by atoms with van der Waals surface area (Å²) in [6.07, 6.45) is 2.81. The highest BCUT2D eigenvalue weighted by Gasteiger charge is 2.18. The van der Waals surface area contributed by atoms with Crippen LogP contribution in [0.15, 0.2) is 52.1 Å². The number of H-pyrrole nitrogens is 2. The van der Waals surface area contributed by atoms with Crippen molar-refractivity contribution in [2.75, 3.05) is 19.8 Å². The van der Waals surface area contributed by atoms with Gasteiger partial charge in [-0.05, 0) is 49.8 Å². The first-order valence-electron chi connectivity index (χ1n) is 10.2. The fraction of sp³-hybridized carbons (Fsp3) is 0.217. The highest BCUT2D eigenvalue weighted by atomic mass is 16.6. The molecule has 3 aromatic rings. The van der Waals surface area contributed by atoms with Gasteiger partial charge in [0.05, 0.1) is 11.5 Å². The largest absolute Gasteiger partial charge is 0.490 e. The first kappa shape index (κ1) is 23.3. The van der Waals surface area contributed by atoms with Gasteiger partial charge in [0.25, 0.3) is 0 Å². The van der Waals surface area contributed by atoms with E-state index in [0.29, 0.717) is 36.9 Å². The van der Waals surface area contributed by atoms with E-state index in [1.807, 2.05) is 43.1 Å². The van der Waals surface area contributed by atoms with Crippen molar-refractivity contribution in [3.8, 4) is 17.2 Å². The molecule has 172 valence electrons. The minimum absolute atomic E-state index is 0.208. The Kier molecular flexibility index (Phi) is 7.64. The van der Waals surface area contributed by atoms with E-state index in [4.69, 9.17) is 14.2 Å². The fourth-order valence-corrected chi connectivity index (χ4v) is 2.94. The van der Waals surface area contributed by atoms with Crippen LogP contribution < -0.4 is 25.5 Å². The van der Waals surface area contributed by atoms with Crippen molar-refractivity contribution >= 4 is 17.8 Å². The Morgan fingerprint density at radius 3 is 2.36 bits per heavy atom. The summed E-state index contributed by atoms with van der Waals surface area (Å²) in [7, 11) is 0. The molecule has 1 aromatic heterocycles. The van der Waals surface area contributed by atoms with Gasteiger partial charge >= 0.3 is 16.9 Å². The van der Waals surface area contributed by atoms with Gasteiger partial charge in [0.15, 0.2) is 11.5 Å². The molecule has 0 aliphatic rings. The second-order valence-electron chi connectivity index (χ2n) is 6.91. The van der Waals surface area contributed by atoms with Crippen LogP contribution in [0.25, 0.3) is 12.2 Å². The zero-order valence-electron chi connectivity index (χ0n) is 18.1. The summed E-state index contributed by atoms with van der Waals surface area (Å²) in [6, 6.07) is 12.8. The normalized spacial score (nSPS) is 10.8. The molecule has 0 bridgehead atoms. The van der Waals surface area contributed by atoms with Gasteiger partial charge in [-0.2, -0.15) is 0 Å². The summed E-state index contributed by atoms with van der Waals surface area (Å²) in [5.41, 5.74) is -1.09. The number of hydrogen-bond acceptors (Lipinski definition) is 7. The molecule has 0 radical (unpaired) electrons. The molecule has 0 aliphatic carbocycles. The monoisotopic (exact) mass is 453 g/mol. The zero-order chi connectivity index (χ0) is 23.8. The molecule has 0 atom stereocenters. The molecule has 0 aliphatic heterocycles. The van der Waals surface area contributed by atoms with Crippen molar-refractivity contribution in [3.63, 3.8) is 0 Å². The molecule has 0 fully saturated rings. The van der Waals surface area contributed by atoms with Crippen LogP contribution in [0, 0.1) is 17.0 Å². The summed E-state index contributed by atoms with van der Waals surface area (Å²) in [5.74, 6) is 1.74. The number of aromatic nitrogens is 2. The molecule has 0 unspecified atom stereocenters. The molecule has 3 rings (SSSR count). The second kappa shape index (κ2) is 10.8. The molecular formula is C23H23N3O7. The van der Waals surface area contributed by atoms with Crippen molar-refractivity contribution < 1.29 is 19.1 Å². The summed E-state index contributed by atoms with van der Waals surface area (Å²) in [4.78, 5) is 37.6. The Hall–Kier alpha value is -4.34. The average molecular weight is 453 g/mol. The third-order valence-corrected chi connectivity index (χ3v) is 4.47. The minimum atomic E-state index is -1.07. The third kappa shape index (κ3) is 6.33. The van der Waals surface area contributed by atoms with E-state index in [9.17, 15) is 19.7 Å². The topological polar surface area (TPSA) is 137 Å². The maximum Gasteiger partial charge on any atom is 0.357 e. The summed E-state index contributed by atoms with van der Waals surface area (Å²) in [6.45, 7) is 4.87. The van der Waals surface area contributed by atoms with Gasteiger partial charge in [-0.3, -0.25) is 19.9 Å². The molecule has 0 saturated heterocycles. The SMILES string of the molecule is CCOc1cc(/C=C/c2[nH]c(=O)[nH]c(=O)c2[N+](=O)[O-])ccc1OCCOc1ccc(C)cc1. The van der Waals surface area contributed by atoms with E-state index in [-0.39, 0.29) is 5.69 Å². The number of benzene rings is 2. The van der Waals surface area contributed by atoms with Crippen LogP contribution >= 0.6 is 0 Å². The maximum absolute atomic E-state index is 11.7. The predicted octanol–water partition coefficient (Wildman–Crippen LogP) is 3.31. The highest BCUT2D eigenvalue weighted by Crippen LogP contribution is 2.29. The number of aryl methyl sites for hydroxylation is 1. The van der Waals surface area contributed by atoms with Gasteiger partial charge < -0.3 is 19.2 Å². The number of nitrogens with one attached hydrogen (secondary N) is 2. The fourth-order valence-electron chi connectivity index (χ4n) is 2.94. The molecule has 10 nitrogen and oxygen atoms in total. The van der Waals surface area contributed by atoms with Crippen LogP contribution in [0.4, 0.5) is 5.69 Å². The van der Waals surface area contributed by atoms with Crippen LogP contribution in [-0.2, 0) is 0 Å². The highest BCUT2D eigenvalue weighted by molar-refractivity contribution is 5.72. The first-order chi connectivity index (χ1) is 15.9. The lowest BCUT2D eigenvalue weighted by Crippen LogP contribution is -2.25. The Labute approximate surface area is 188 Å². The molecule has 2 N–H and O–H groups in total. The maximum atomic E-state index is 11.7. The van der Waals surface area contributed by atoms with Crippen molar-refractivity contribution in [3.05, 3.63) is 90.2 Å². The van der Waals surface area contributed by atoms with Gasteiger partial charge in [0.2, 0.25) is 0 Å². The van der Waals surface area contributed by atoms with Gasteiger partial charge in [-0.15, -0.1) is 0 Å². The Morgan fingerprint density at radius 1 is 0.939 bits per heavy atom. The molecule has 0 amide bonds. The number of ether oxygens (including phenoxy) is 3. The van der Waals surface area contributed by atoms with Gasteiger partial charge in [0, 0.05) is 0 Å².